The first-order valence-corrected chi connectivity index (χ1v) is 3.72. The standard InChI is InChI=1S/C8H10N2O3/c1-4-5(2)9-6(8(12)13-3)10-7(4)11/h1-3H3,(H,9,10,11). The summed E-state index contributed by atoms with van der Waals surface area (Å²) in [6.07, 6.45) is 0. The largest absolute Gasteiger partial charge is 0.463 e. The van der Waals surface area contributed by atoms with E-state index in [0.29, 0.717) is 11.3 Å². The molecule has 0 atom stereocenters. The molecule has 1 aromatic heterocycles. The van der Waals surface area contributed by atoms with E-state index in [1.807, 2.05) is 0 Å². The lowest BCUT2D eigenvalue weighted by Crippen LogP contribution is -2.20. The smallest absolute Gasteiger partial charge is 0.374 e. The van der Waals surface area contributed by atoms with Crippen LogP contribution in [0.2, 0.25) is 0 Å². The number of carbonyl (C=O) groups is 1. The lowest BCUT2D eigenvalue weighted by atomic mass is 10.3. The molecule has 0 radical (unpaired) electrons. The van der Waals surface area contributed by atoms with Gasteiger partial charge in [-0.3, -0.25) is 4.79 Å². The van der Waals surface area contributed by atoms with Crippen LogP contribution in [0.15, 0.2) is 4.79 Å². The third-order valence-electron chi connectivity index (χ3n) is 1.77. The summed E-state index contributed by atoms with van der Waals surface area (Å²) in [4.78, 5) is 28.4. The van der Waals surface area contributed by atoms with E-state index in [9.17, 15) is 9.59 Å². The van der Waals surface area contributed by atoms with Crippen LogP contribution in [-0.2, 0) is 4.74 Å². The van der Waals surface area contributed by atoms with Crippen LogP contribution in [0, 0.1) is 13.8 Å². The van der Waals surface area contributed by atoms with Crippen molar-refractivity contribution in [3.8, 4) is 0 Å². The van der Waals surface area contributed by atoms with Gasteiger partial charge in [0.05, 0.1) is 7.11 Å². The number of hydrogen-bond donors (Lipinski definition) is 1. The van der Waals surface area contributed by atoms with Crippen molar-refractivity contribution >= 4 is 5.97 Å². The van der Waals surface area contributed by atoms with Crippen molar-refractivity contribution in [2.75, 3.05) is 7.11 Å². The molecular formula is C8H10N2O3. The first kappa shape index (κ1) is 9.44. The summed E-state index contributed by atoms with van der Waals surface area (Å²) < 4.78 is 4.41. The lowest BCUT2D eigenvalue weighted by molar-refractivity contribution is 0.0586. The maximum atomic E-state index is 11.2. The third-order valence-corrected chi connectivity index (χ3v) is 1.77. The van der Waals surface area contributed by atoms with Crippen LogP contribution < -0.4 is 5.56 Å². The fraction of sp³-hybridized carbons (Fsp3) is 0.375. The van der Waals surface area contributed by atoms with E-state index in [-0.39, 0.29) is 11.4 Å². The number of nitrogens with zero attached hydrogens (tertiary/aromatic N) is 1. The van der Waals surface area contributed by atoms with E-state index in [1.165, 1.54) is 7.11 Å². The molecule has 0 fully saturated rings. The van der Waals surface area contributed by atoms with Gasteiger partial charge >= 0.3 is 5.97 Å². The fourth-order valence-corrected chi connectivity index (χ4v) is 0.838. The average molecular weight is 182 g/mol. The van der Waals surface area contributed by atoms with E-state index in [4.69, 9.17) is 0 Å². The Morgan fingerprint density at radius 1 is 1.46 bits per heavy atom. The second kappa shape index (κ2) is 3.38. The van der Waals surface area contributed by atoms with Gasteiger partial charge in [-0.25, -0.2) is 9.78 Å². The first-order chi connectivity index (χ1) is 6.06. The van der Waals surface area contributed by atoms with Gasteiger partial charge in [0.2, 0.25) is 5.82 Å². The average Bonchev–Trinajstić information content (AvgIpc) is 2.12. The number of rotatable bonds is 1. The number of esters is 1. The maximum Gasteiger partial charge on any atom is 0.374 e. The minimum Gasteiger partial charge on any atom is -0.463 e. The number of aromatic nitrogens is 2. The van der Waals surface area contributed by atoms with Crippen molar-refractivity contribution in [1.29, 1.82) is 0 Å². The molecular weight excluding hydrogens is 172 g/mol. The Morgan fingerprint density at radius 3 is 2.54 bits per heavy atom. The number of aromatic amines is 1. The highest BCUT2D eigenvalue weighted by Crippen LogP contribution is 1.97. The van der Waals surface area contributed by atoms with E-state index in [1.54, 1.807) is 13.8 Å². The van der Waals surface area contributed by atoms with Gasteiger partial charge in [0.1, 0.15) is 0 Å². The zero-order chi connectivity index (χ0) is 10.0. The molecule has 0 spiro atoms. The van der Waals surface area contributed by atoms with Crippen molar-refractivity contribution in [3.63, 3.8) is 0 Å². The Morgan fingerprint density at radius 2 is 2.08 bits per heavy atom. The molecule has 0 saturated heterocycles. The zero-order valence-electron chi connectivity index (χ0n) is 7.67. The Hall–Kier alpha value is -1.65. The van der Waals surface area contributed by atoms with Gasteiger partial charge in [-0.15, -0.1) is 0 Å². The van der Waals surface area contributed by atoms with Crippen LogP contribution in [0.25, 0.3) is 0 Å². The number of nitrogens with one attached hydrogen (secondary N) is 1. The van der Waals surface area contributed by atoms with Crippen molar-refractivity contribution in [2.24, 2.45) is 0 Å². The summed E-state index contributed by atoms with van der Waals surface area (Å²) in [5, 5.41) is 0. The van der Waals surface area contributed by atoms with Crippen molar-refractivity contribution < 1.29 is 9.53 Å². The van der Waals surface area contributed by atoms with Crippen molar-refractivity contribution in [3.05, 3.63) is 27.4 Å². The number of H-pyrrole nitrogens is 1. The fourth-order valence-electron chi connectivity index (χ4n) is 0.838. The van der Waals surface area contributed by atoms with Gasteiger partial charge < -0.3 is 9.72 Å². The summed E-state index contributed by atoms with van der Waals surface area (Å²) >= 11 is 0. The lowest BCUT2D eigenvalue weighted by Gasteiger charge is -2.01. The maximum absolute atomic E-state index is 11.2. The van der Waals surface area contributed by atoms with Gasteiger partial charge in [-0.1, -0.05) is 0 Å². The molecule has 0 amide bonds. The van der Waals surface area contributed by atoms with Crippen LogP contribution >= 0.6 is 0 Å². The van der Waals surface area contributed by atoms with Crippen LogP contribution in [0.3, 0.4) is 0 Å². The predicted octanol–water partition coefficient (Wildman–Crippen LogP) is 0.173. The summed E-state index contributed by atoms with van der Waals surface area (Å²) in [7, 11) is 1.23. The van der Waals surface area contributed by atoms with Crippen LogP contribution in [0.1, 0.15) is 21.9 Å². The quantitative estimate of drug-likeness (QED) is 0.628. The first-order valence-electron chi connectivity index (χ1n) is 3.72. The van der Waals surface area contributed by atoms with Gasteiger partial charge in [0.15, 0.2) is 0 Å². The SMILES string of the molecule is COC(=O)c1nc(C)c(C)c(=O)[nH]1. The van der Waals surface area contributed by atoms with Crippen LogP contribution in [0.4, 0.5) is 0 Å². The Bertz CT molecular complexity index is 395. The summed E-state index contributed by atoms with van der Waals surface area (Å²) in [6.45, 7) is 3.30. The number of aryl methyl sites for hydroxylation is 1. The predicted molar refractivity (Wildman–Crippen MR) is 45.7 cm³/mol. The highest BCUT2D eigenvalue weighted by atomic mass is 16.5. The highest BCUT2D eigenvalue weighted by molar-refractivity contribution is 5.84. The Balaban J connectivity index is 3.29. The highest BCUT2D eigenvalue weighted by Gasteiger charge is 2.10. The molecule has 0 aliphatic heterocycles. The number of ether oxygens (including phenoxy) is 1. The topological polar surface area (TPSA) is 72.0 Å². The minimum atomic E-state index is -0.639. The van der Waals surface area contributed by atoms with Gasteiger partial charge in [0, 0.05) is 11.3 Å². The molecule has 1 N–H and O–H groups in total. The molecule has 1 rings (SSSR count). The second-order valence-electron chi connectivity index (χ2n) is 2.62. The summed E-state index contributed by atoms with van der Waals surface area (Å²) in [5.74, 6) is -0.698. The van der Waals surface area contributed by atoms with Crippen LogP contribution in [-0.4, -0.2) is 23.0 Å². The molecule has 0 aliphatic carbocycles. The van der Waals surface area contributed by atoms with E-state index in [2.05, 4.69) is 14.7 Å². The second-order valence-corrected chi connectivity index (χ2v) is 2.62. The molecule has 0 aliphatic rings. The van der Waals surface area contributed by atoms with Gasteiger partial charge in [-0.2, -0.15) is 0 Å². The molecule has 0 aromatic carbocycles. The third kappa shape index (κ3) is 1.74. The number of methoxy groups -OCH3 is 1. The van der Waals surface area contributed by atoms with Crippen LogP contribution in [0.5, 0.6) is 0 Å². The number of carbonyl (C=O) groups excluding carboxylic acids is 1. The van der Waals surface area contributed by atoms with Gasteiger partial charge in [-0.05, 0) is 13.8 Å². The molecule has 1 heterocycles. The molecule has 0 saturated carbocycles. The van der Waals surface area contributed by atoms with E-state index in [0.717, 1.165) is 0 Å². The molecule has 13 heavy (non-hydrogen) atoms. The Labute approximate surface area is 74.8 Å². The molecule has 0 unspecified atom stereocenters. The number of hydrogen-bond acceptors (Lipinski definition) is 4. The van der Waals surface area contributed by atoms with Crippen molar-refractivity contribution in [2.45, 2.75) is 13.8 Å². The minimum absolute atomic E-state index is 0.0596. The zero-order valence-corrected chi connectivity index (χ0v) is 7.67. The summed E-state index contributed by atoms with van der Waals surface area (Å²) in [6, 6.07) is 0. The molecule has 1 aromatic rings. The van der Waals surface area contributed by atoms with Gasteiger partial charge in [0.25, 0.3) is 5.56 Å². The molecule has 5 nitrogen and oxygen atoms in total. The molecule has 5 heteroatoms. The summed E-state index contributed by atoms with van der Waals surface area (Å²) in [5.41, 5.74) is 0.727. The normalized spacial score (nSPS) is 9.77. The Kier molecular flexibility index (Phi) is 2.46. The van der Waals surface area contributed by atoms with Crippen molar-refractivity contribution in [1.82, 2.24) is 9.97 Å². The molecule has 70 valence electrons. The monoisotopic (exact) mass is 182 g/mol. The molecule has 0 bridgehead atoms. The van der Waals surface area contributed by atoms with E-state index < -0.39 is 5.97 Å². The van der Waals surface area contributed by atoms with E-state index >= 15 is 0 Å².